The number of nitrogens with one attached hydrogen (secondary N) is 1. The molecule has 2 rings (SSSR count). The third-order valence-corrected chi connectivity index (χ3v) is 3.64. The molecule has 4 heteroatoms. The summed E-state index contributed by atoms with van der Waals surface area (Å²) >= 11 is 5.84. The van der Waals surface area contributed by atoms with Gasteiger partial charge in [0.15, 0.2) is 0 Å². The summed E-state index contributed by atoms with van der Waals surface area (Å²) < 4.78 is 0. The smallest absolute Gasteiger partial charge is 0.0607 e. The van der Waals surface area contributed by atoms with Gasteiger partial charge in [-0.3, -0.25) is 0 Å². The highest BCUT2D eigenvalue weighted by Gasteiger charge is 2.31. The summed E-state index contributed by atoms with van der Waals surface area (Å²) in [5, 5.41) is 21.9. The molecule has 17 heavy (non-hydrogen) atoms. The number of benzene rings is 1. The number of hydrogen-bond donors (Lipinski definition) is 3. The van der Waals surface area contributed by atoms with Crippen LogP contribution in [-0.2, 0) is 0 Å². The third-order valence-electron chi connectivity index (χ3n) is 3.39. The zero-order valence-corrected chi connectivity index (χ0v) is 10.4. The van der Waals surface area contributed by atoms with Crippen molar-refractivity contribution in [2.45, 2.75) is 30.8 Å². The predicted octanol–water partition coefficient (Wildman–Crippen LogP) is 1.53. The zero-order valence-electron chi connectivity index (χ0n) is 9.64. The van der Waals surface area contributed by atoms with Gasteiger partial charge in [-0.05, 0) is 36.5 Å². The van der Waals surface area contributed by atoms with Gasteiger partial charge in [0, 0.05) is 11.1 Å². The van der Waals surface area contributed by atoms with E-state index >= 15 is 0 Å². The molecule has 94 valence electrons. The summed E-state index contributed by atoms with van der Waals surface area (Å²) in [6.45, 7) is -0.0305. The van der Waals surface area contributed by atoms with Gasteiger partial charge >= 0.3 is 0 Å². The van der Waals surface area contributed by atoms with Crippen LogP contribution in [0, 0.1) is 0 Å². The summed E-state index contributed by atoms with van der Waals surface area (Å²) in [5.74, 6) is 0.572. The van der Waals surface area contributed by atoms with E-state index in [1.165, 1.54) is 5.56 Å². The van der Waals surface area contributed by atoms with Gasteiger partial charge in [0.2, 0.25) is 0 Å². The molecule has 0 saturated heterocycles. The van der Waals surface area contributed by atoms with Crippen LogP contribution in [0.1, 0.15) is 24.3 Å². The second-order valence-corrected chi connectivity index (χ2v) is 5.08. The second kappa shape index (κ2) is 5.83. The Labute approximate surface area is 106 Å². The Kier molecular flexibility index (Phi) is 4.40. The lowest BCUT2D eigenvalue weighted by Crippen LogP contribution is -2.48. The van der Waals surface area contributed by atoms with E-state index in [4.69, 9.17) is 21.8 Å². The maximum Gasteiger partial charge on any atom is 0.0607 e. The summed E-state index contributed by atoms with van der Waals surface area (Å²) in [6, 6.07) is 8.19. The van der Waals surface area contributed by atoms with E-state index in [0.29, 0.717) is 12.0 Å². The molecule has 0 amide bonds. The van der Waals surface area contributed by atoms with Gasteiger partial charge in [-0.25, -0.2) is 0 Å². The lowest BCUT2D eigenvalue weighted by Gasteiger charge is -2.38. The van der Waals surface area contributed by atoms with Crippen LogP contribution in [0.3, 0.4) is 0 Å². The minimum Gasteiger partial charge on any atom is -0.395 e. The second-order valence-electron chi connectivity index (χ2n) is 4.65. The van der Waals surface area contributed by atoms with E-state index in [2.05, 4.69) is 17.4 Å². The summed E-state index contributed by atoms with van der Waals surface area (Å²) in [5.41, 5.74) is 1.32. The first-order valence-corrected chi connectivity index (χ1v) is 6.34. The molecular formula is C13H18ClNO2. The van der Waals surface area contributed by atoms with Crippen molar-refractivity contribution < 1.29 is 10.2 Å². The molecule has 3 nitrogen and oxygen atoms in total. The van der Waals surface area contributed by atoms with Crippen LogP contribution in [-0.4, -0.2) is 35.5 Å². The Hall–Kier alpha value is -0.610. The largest absolute Gasteiger partial charge is 0.395 e. The highest BCUT2D eigenvalue weighted by molar-refractivity contribution is 6.30. The normalized spacial score (nSPS) is 23.8. The molecule has 1 saturated carbocycles. The van der Waals surface area contributed by atoms with Crippen molar-refractivity contribution in [3.8, 4) is 0 Å². The minimum atomic E-state index is -0.189. The molecule has 1 aromatic carbocycles. The molecule has 0 aliphatic heterocycles. The zero-order chi connectivity index (χ0) is 12.3. The Morgan fingerprint density at radius 2 is 1.76 bits per heavy atom. The average molecular weight is 256 g/mol. The molecule has 0 radical (unpaired) electrons. The fraction of sp³-hybridized carbons (Fsp3) is 0.538. The lowest BCUT2D eigenvalue weighted by atomic mass is 9.75. The molecule has 3 N–H and O–H groups in total. The highest BCUT2D eigenvalue weighted by atomic mass is 35.5. The Bertz CT molecular complexity index is 345. The van der Waals surface area contributed by atoms with Crippen molar-refractivity contribution in [1.29, 1.82) is 0 Å². The average Bonchev–Trinajstić information content (AvgIpc) is 2.30. The highest BCUT2D eigenvalue weighted by Crippen LogP contribution is 2.37. The fourth-order valence-corrected chi connectivity index (χ4v) is 2.38. The van der Waals surface area contributed by atoms with Crippen molar-refractivity contribution in [1.82, 2.24) is 5.32 Å². The van der Waals surface area contributed by atoms with Gasteiger partial charge in [0.05, 0.1) is 19.3 Å². The summed E-state index contributed by atoms with van der Waals surface area (Å²) in [4.78, 5) is 0. The van der Waals surface area contributed by atoms with Crippen LogP contribution < -0.4 is 5.32 Å². The van der Waals surface area contributed by atoms with Crippen LogP contribution in [0.4, 0.5) is 0 Å². The molecule has 0 unspecified atom stereocenters. The standard InChI is InChI=1S/C13H18ClNO2/c14-11-3-1-9(2-4-11)10-5-12(6-10)15-13(7-16)8-17/h1-4,10,12-13,15-17H,5-8H2. The number of rotatable bonds is 5. The quantitative estimate of drug-likeness (QED) is 0.748. The van der Waals surface area contributed by atoms with Crippen LogP contribution in [0.5, 0.6) is 0 Å². The van der Waals surface area contributed by atoms with Crippen LogP contribution in [0.25, 0.3) is 0 Å². The maximum atomic E-state index is 8.97. The van der Waals surface area contributed by atoms with Crippen molar-refractivity contribution in [2.75, 3.05) is 13.2 Å². The van der Waals surface area contributed by atoms with Gasteiger partial charge in [-0.1, -0.05) is 23.7 Å². The molecule has 0 spiro atoms. The maximum absolute atomic E-state index is 8.97. The number of aliphatic hydroxyl groups is 2. The lowest BCUT2D eigenvalue weighted by molar-refractivity contribution is 0.142. The molecule has 1 aliphatic rings. The monoisotopic (exact) mass is 255 g/mol. The van der Waals surface area contributed by atoms with Gasteiger partial charge in [-0.2, -0.15) is 0 Å². The topological polar surface area (TPSA) is 52.5 Å². The first-order valence-electron chi connectivity index (χ1n) is 5.96. The van der Waals surface area contributed by atoms with Gasteiger partial charge in [0.1, 0.15) is 0 Å². The van der Waals surface area contributed by atoms with E-state index in [9.17, 15) is 0 Å². The Morgan fingerprint density at radius 3 is 2.29 bits per heavy atom. The van der Waals surface area contributed by atoms with Crippen molar-refractivity contribution >= 4 is 11.6 Å². The molecule has 0 atom stereocenters. The minimum absolute atomic E-state index is 0.0153. The van der Waals surface area contributed by atoms with E-state index in [1.807, 2.05) is 12.1 Å². The molecule has 1 aromatic rings. The SMILES string of the molecule is OCC(CO)NC1CC(c2ccc(Cl)cc2)C1. The molecule has 0 aromatic heterocycles. The first kappa shape index (κ1) is 12.8. The van der Waals surface area contributed by atoms with E-state index in [-0.39, 0.29) is 19.3 Å². The third kappa shape index (κ3) is 3.19. The van der Waals surface area contributed by atoms with Crippen molar-refractivity contribution in [2.24, 2.45) is 0 Å². The van der Waals surface area contributed by atoms with Crippen LogP contribution in [0.15, 0.2) is 24.3 Å². The Balaban J connectivity index is 1.80. The predicted molar refractivity (Wildman–Crippen MR) is 68.3 cm³/mol. The first-order chi connectivity index (χ1) is 8.22. The van der Waals surface area contributed by atoms with Crippen LogP contribution >= 0.6 is 11.6 Å². The molecule has 0 heterocycles. The Morgan fingerprint density at radius 1 is 1.18 bits per heavy atom. The summed E-state index contributed by atoms with van der Waals surface area (Å²) in [7, 11) is 0. The van der Waals surface area contributed by atoms with E-state index in [1.54, 1.807) is 0 Å². The van der Waals surface area contributed by atoms with Crippen LogP contribution in [0.2, 0.25) is 5.02 Å². The fourth-order valence-electron chi connectivity index (χ4n) is 2.26. The van der Waals surface area contributed by atoms with E-state index < -0.39 is 0 Å². The number of halogens is 1. The molecular weight excluding hydrogens is 238 g/mol. The van der Waals surface area contributed by atoms with Gasteiger partial charge < -0.3 is 15.5 Å². The summed E-state index contributed by atoms with van der Waals surface area (Å²) in [6.07, 6.45) is 2.11. The van der Waals surface area contributed by atoms with Crippen molar-refractivity contribution in [3.63, 3.8) is 0 Å². The number of hydrogen-bond acceptors (Lipinski definition) is 3. The molecule has 1 aliphatic carbocycles. The van der Waals surface area contributed by atoms with Gasteiger partial charge in [-0.15, -0.1) is 0 Å². The number of aliphatic hydroxyl groups excluding tert-OH is 2. The van der Waals surface area contributed by atoms with E-state index in [0.717, 1.165) is 17.9 Å². The molecule has 1 fully saturated rings. The van der Waals surface area contributed by atoms with Gasteiger partial charge in [0.25, 0.3) is 0 Å². The van der Waals surface area contributed by atoms with Crippen molar-refractivity contribution in [3.05, 3.63) is 34.9 Å². The molecule has 0 bridgehead atoms.